The van der Waals surface area contributed by atoms with Gasteiger partial charge in [-0.25, -0.2) is 13.8 Å². The molecule has 11 heteroatoms. The van der Waals surface area contributed by atoms with E-state index in [1.54, 1.807) is 18.2 Å². The van der Waals surface area contributed by atoms with Crippen molar-refractivity contribution in [2.75, 3.05) is 4.90 Å². The van der Waals surface area contributed by atoms with Crippen molar-refractivity contribution in [1.82, 2.24) is 14.8 Å². The smallest absolute Gasteiger partial charge is 0.278 e. The molecule has 146 valence electrons. The third-order valence-corrected chi connectivity index (χ3v) is 4.70. The average Bonchev–Trinajstić information content (AvgIpc) is 2.95. The lowest BCUT2D eigenvalue weighted by atomic mass is 10.2. The molecule has 0 aliphatic carbocycles. The Morgan fingerprint density at radius 2 is 1.93 bits per heavy atom. The topological polar surface area (TPSA) is 51.0 Å². The van der Waals surface area contributed by atoms with Gasteiger partial charge in [0.15, 0.2) is 5.69 Å². The lowest BCUT2D eigenvalue weighted by Crippen LogP contribution is -2.20. The number of aromatic nitrogens is 3. The first-order valence-corrected chi connectivity index (χ1v) is 8.46. The van der Waals surface area contributed by atoms with Crippen LogP contribution in [0.15, 0.2) is 52.6 Å². The van der Waals surface area contributed by atoms with E-state index in [0.717, 1.165) is 28.6 Å². The summed E-state index contributed by atoms with van der Waals surface area (Å²) < 4.78 is 69.0. The fourth-order valence-electron chi connectivity index (χ4n) is 2.43. The second kappa shape index (κ2) is 7.58. The van der Waals surface area contributed by atoms with Gasteiger partial charge in [0.25, 0.3) is 0 Å². The highest BCUT2D eigenvalue weighted by atomic mass is 32.2. The molecule has 0 saturated heterocycles. The SMILES string of the molecule is Cn1nc(C(F)(F)F)c(N(C=O)c2ccc(F)cc2F)c1Sc1ccccn1. The maximum absolute atomic E-state index is 14.2. The van der Waals surface area contributed by atoms with E-state index in [4.69, 9.17) is 0 Å². The minimum absolute atomic E-state index is 0.0189. The molecule has 0 spiro atoms. The molecule has 0 atom stereocenters. The van der Waals surface area contributed by atoms with Crippen molar-refractivity contribution in [3.63, 3.8) is 0 Å². The monoisotopic (exact) mass is 414 g/mol. The van der Waals surface area contributed by atoms with Gasteiger partial charge in [-0.3, -0.25) is 14.4 Å². The third kappa shape index (κ3) is 3.84. The van der Waals surface area contributed by atoms with Crippen LogP contribution < -0.4 is 4.90 Å². The summed E-state index contributed by atoms with van der Waals surface area (Å²) in [5, 5.41) is 3.71. The summed E-state index contributed by atoms with van der Waals surface area (Å²) in [5.74, 6) is -2.13. The Labute approximate surface area is 159 Å². The maximum atomic E-state index is 14.2. The lowest BCUT2D eigenvalue weighted by Gasteiger charge is -2.20. The Morgan fingerprint density at radius 1 is 1.18 bits per heavy atom. The molecule has 28 heavy (non-hydrogen) atoms. The van der Waals surface area contributed by atoms with Crippen LogP contribution in [0.25, 0.3) is 0 Å². The number of nitrogens with zero attached hydrogens (tertiary/aromatic N) is 4. The number of carbonyl (C=O) groups excluding carboxylic acids is 1. The number of hydrogen-bond acceptors (Lipinski definition) is 4. The second-order valence-electron chi connectivity index (χ2n) is 5.46. The summed E-state index contributed by atoms with van der Waals surface area (Å²) >= 11 is 0.817. The summed E-state index contributed by atoms with van der Waals surface area (Å²) in [6.45, 7) is 0. The highest BCUT2D eigenvalue weighted by Gasteiger charge is 2.42. The van der Waals surface area contributed by atoms with Crippen molar-refractivity contribution in [3.8, 4) is 0 Å². The van der Waals surface area contributed by atoms with Crippen molar-refractivity contribution in [3.05, 3.63) is 59.9 Å². The zero-order valence-corrected chi connectivity index (χ0v) is 14.9. The molecule has 0 bridgehead atoms. The van der Waals surface area contributed by atoms with Crippen molar-refractivity contribution in [2.24, 2.45) is 7.05 Å². The van der Waals surface area contributed by atoms with Crippen LogP contribution in [0.4, 0.5) is 33.3 Å². The van der Waals surface area contributed by atoms with Crippen LogP contribution in [0, 0.1) is 11.6 Å². The number of hydrogen-bond donors (Lipinski definition) is 0. The largest absolute Gasteiger partial charge is 0.437 e. The highest BCUT2D eigenvalue weighted by Crippen LogP contribution is 2.45. The number of alkyl halides is 3. The number of rotatable bonds is 5. The van der Waals surface area contributed by atoms with Gasteiger partial charge in [0, 0.05) is 19.3 Å². The van der Waals surface area contributed by atoms with Gasteiger partial charge in [-0.1, -0.05) is 6.07 Å². The van der Waals surface area contributed by atoms with Crippen LogP contribution in [-0.4, -0.2) is 21.2 Å². The average molecular weight is 414 g/mol. The summed E-state index contributed by atoms with van der Waals surface area (Å²) in [6, 6.07) is 7.00. The fraction of sp³-hybridized carbons (Fsp3) is 0.118. The second-order valence-corrected chi connectivity index (χ2v) is 6.47. The number of anilines is 2. The minimum atomic E-state index is -4.92. The van der Waals surface area contributed by atoms with E-state index >= 15 is 0 Å². The van der Waals surface area contributed by atoms with E-state index in [0.29, 0.717) is 16.0 Å². The Morgan fingerprint density at radius 3 is 2.50 bits per heavy atom. The molecule has 3 aromatic rings. The van der Waals surface area contributed by atoms with Crippen LogP contribution in [0.5, 0.6) is 0 Å². The number of halogens is 5. The predicted molar refractivity (Wildman–Crippen MR) is 91.1 cm³/mol. The Bertz CT molecular complexity index is 1010. The maximum Gasteiger partial charge on any atom is 0.437 e. The summed E-state index contributed by atoms with van der Waals surface area (Å²) in [4.78, 5) is 16.2. The molecule has 0 N–H and O–H groups in total. The summed E-state index contributed by atoms with van der Waals surface area (Å²) in [5.41, 5.74) is -2.60. The molecule has 0 aliphatic heterocycles. The standard InChI is InChI=1S/C17H11F5N4OS/c1-25-16(28-13-4-2-3-7-23-13)14(15(24-25)17(20,21)22)26(9-27)12-6-5-10(18)8-11(12)19/h2-9H,1H3. The Kier molecular flexibility index (Phi) is 5.36. The summed E-state index contributed by atoms with van der Waals surface area (Å²) in [7, 11) is 1.26. The first-order chi connectivity index (χ1) is 13.2. The van der Waals surface area contributed by atoms with E-state index in [1.807, 2.05) is 0 Å². The van der Waals surface area contributed by atoms with Gasteiger partial charge in [-0.2, -0.15) is 18.3 Å². The molecule has 2 heterocycles. The van der Waals surface area contributed by atoms with E-state index < -0.39 is 34.9 Å². The lowest BCUT2D eigenvalue weighted by molar-refractivity contribution is -0.140. The molecular formula is C17H11F5N4OS. The zero-order valence-electron chi connectivity index (χ0n) is 14.1. The first kappa shape index (κ1) is 19.8. The quantitative estimate of drug-likeness (QED) is 0.454. The fourth-order valence-corrected chi connectivity index (χ4v) is 3.36. The van der Waals surface area contributed by atoms with E-state index in [-0.39, 0.29) is 11.4 Å². The number of carbonyl (C=O) groups is 1. The molecule has 0 fully saturated rings. The molecule has 2 aromatic heterocycles. The Hall–Kier alpha value is -2.95. The molecule has 0 radical (unpaired) electrons. The van der Waals surface area contributed by atoms with E-state index in [2.05, 4.69) is 10.1 Å². The molecule has 1 amide bonds. The van der Waals surface area contributed by atoms with Crippen molar-refractivity contribution >= 4 is 29.5 Å². The van der Waals surface area contributed by atoms with Crippen LogP contribution in [0.3, 0.4) is 0 Å². The van der Waals surface area contributed by atoms with Gasteiger partial charge in [-0.05, 0) is 36.0 Å². The molecule has 0 saturated carbocycles. The molecular weight excluding hydrogens is 403 g/mol. The van der Waals surface area contributed by atoms with Gasteiger partial charge >= 0.3 is 6.18 Å². The van der Waals surface area contributed by atoms with Gasteiger partial charge in [0.1, 0.15) is 27.4 Å². The Balaban J connectivity index is 2.22. The summed E-state index contributed by atoms with van der Waals surface area (Å²) in [6.07, 6.45) is -3.46. The zero-order chi connectivity index (χ0) is 20.5. The minimum Gasteiger partial charge on any atom is -0.278 e. The molecule has 0 unspecified atom stereocenters. The number of benzene rings is 1. The van der Waals surface area contributed by atoms with Crippen LogP contribution in [-0.2, 0) is 18.0 Å². The van der Waals surface area contributed by atoms with Crippen molar-refractivity contribution in [1.29, 1.82) is 0 Å². The highest BCUT2D eigenvalue weighted by molar-refractivity contribution is 7.99. The predicted octanol–water partition coefficient (Wildman–Crippen LogP) is 4.56. The molecule has 1 aromatic carbocycles. The van der Waals surface area contributed by atoms with Crippen molar-refractivity contribution < 1.29 is 26.7 Å². The van der Waals surface area contributed by atoms with Gasteiger partial charge in [0.05, 0.1) is 5.69 Å². The van der Waals surface area contributed by atoms with Crippen LogP contribution in [0.1, 0.15) is 5.69 Å². The van der Waals surface area contributed by atoms with Gasteiger partial charge in [-0.15, -0.1) is 0 Å². The van der Waals surface area contributed by atoms with Crippen molar-refractivity contribution in [2.45, 2.75) is 16.2 Å². The number of aryl methyl sites for hydroxylation is 1. The third-order valence-electron chi connectivity index (χ3n) is 3.59. The normalized spacial score (nSPS) is 11.5. The van der Waals surface area contributed by atoms with Gasteiger partial charge < -0.3 is 0 Å². The van der Waals surface area contributed by atoms with Crippen LogP contribution >= 0.6 is 11.8 Å². The van der Waals surface area contributed by atoms with Gasteiger partial charge in [0.2, 0.25) is 6.41 Å². The van der Waals surface area contributed by atoms with E-state index in [9.17, 15) is 26.7 Å². The first-order valence-electron chi connectivity index (χ1n) is 7.65. The molecule has 5 nitrogen and oxygen atoms in total. The van der Waals surface area contributed by atoms with Crippen LogP contribution in [0.2, 0.25) is 0 Å². The number of pyridine rings is 1. The molecule has 3 rings (SSSR count). The number of amides is 1. The molecule has 0 aliphatic rings. The van der Waals surface area contributed by atoms with E-state index in [1.165, 1.54) is 13.2 Å².